The number of hydrogen-bond donors (Lipinski definition) is 1. The second-order valence-electron chi connectivity index (χ2n) is 5.63. The van der Waals surface area contributed by atoms with Crippen LogP contribution in [0.1, 0.15) is 5.56 Å². The Morgan fingerprint density at radius 1 is 1.12 bits per heavy atom. The van der Waals surface area contributed by atoms with E-state index in [2.05, 4.69) is 40.0 Å². The number of thioether (sulfide) groups is 1. The van der Waals surface area contributed by atoms with E-state index < -0.39 is 10.0 Å². The van der Waals surface area contributed by atoms with Crippen molar-refractivity contribution in [3.05, 3.63) is 63.7 Å². The van der Waals surface area contributed by atoms with Gasteiger partial charge in [-0.15, -0.1) is 0 Å². The van der Waals surface area contributed by atoms with Gasteiger partial charge in [-0.2, -0.15) is 11.8 Å². The van der Waals surface area contributed by atoms with E-state index in [1.54, 1.807) is 23.9 Å². The Bertz CT molecular complexity index is 812. The lowest BCUT2D eigenvalue weighted by Gasteiger charge is -2.22. The summed E-state index contributed by atoms with van der Waals surface area (Å²) in [7, 11) is -3.53. The molecule has 8 heteroatoms. The van der Waals surface area contributed by atoms with Crippen molar-refractivity contribution in [2.24, 2.45) is 0 Å². The van der Waals surface area contributed by atoms with Crippen molar-refractivity contribution in [2.45, 2.75) is 5.75 Å². The van der Waals surface area contributed by atoms with Gasteiger partial charge in [0.2, 0.25) is 15.9 Å². The zero-order chi connectivity index (χ0) is 19.0. The van der Waals surface area contributed by atoms with Gasteiger partial charge in [-0.05, 0) is 52.4 Å². The van der Waals surface area contributed by atoms with Gasteiger partial charge in [0.15, 0.2) is 0 Å². The van der Waals surface area contributed by atoms with Crippen LogP contribution < -0.4 is 9.62 Å². The first-order chi connectivity index (χ1) is 12.4. The second kappa shape index (κ2) is 10.2. The van der Waals surface area contributed by atoms with E-state index in [1.165, 1.54) is 5.56 Å². The highest BCUT2D eigenvalue weighted by Gasteiger charge is 2.20. The number of hydrogen-bond acceptors (Lipinski definition) is 4. The maximum Gasteiger partial charge on any atom is 0.240 e. The Morgan fingerprint density at radius 2 is 1.77 bits per heavy atom. The minimum absolute atomic E-state index is 0.219. The third-order valence-electron chi connectivity index (χ3n) is 3.48. The third-order valence-corrected chi connectivity index (χ3v) is 6.37. The molecule has 0 fully saturated rings. The van der Waals surface area contributed by atoms with Gasteiger partial charge in [0.05, 0.1) is 11.9 Å². The van der Waals surface area contributed by atoms with E-state index in [0.717, 1.165) is 25.6 Å². The molecule has 0 saturated heterocycles. The first kappa shape index (κ1) is 21.0. The van der Waals surface area contributed by atoms with Gasteiger partial charge in [0.1, 0.15) is 6.54 Å². The number of sulfonamides is 1. The molecule has 0 aromatic heterocycles. The van der Waals surface area contributed by atoms with Gasteiger partial charge in [0, 0.05) is 21.6 Å². The molecule has 0 heterocycles. The molecule has 2 rings (SSSR count). The van der Waals surface area contributed by atoms with E-state index in [1.807, 2.05) is 30.3 Å². The maximum atomic E-state index is 12.1. The number of benzene rings is 2. The van der Waals surface area contributed by atoms with Crippen LogP contribution in [0.5, 0.6) is 0 Å². The fraction of sp³-hybridized carbons (Fsp3) is 0.278. The van der Waals surface area contributed by atoms with Crippen molar-refractivity contribution in [3.63, 3.8) is 0 Å². The minimum atomic E-state index is -3.53. The molecule has 2 aromatic rings. The Labute approximate surface area is 172 Å². The summed E-state index contributed by atoms with van der Waals surface area (Å²) < 4.78 is 26.2. The zero-order valence-corrected chi connectivity index (χ0v) is 18.2. The number of nitrogens with one attached hydrogen (secondary N) is 1. The fourth-order valence-electron chi connectivity index (χ4n) is 2.22. The second-order valence-corrected chi connectivity index (χ2v) is 9.89. The predicted molar refractivity (Wildman–Crippen MR) is 117 cm³/mol. The first-order valence-electron chi connectivity index (χ1n) is 7.98. The van der Waals surface area contributed by atoms with E-state index in [0.29, 0.717) is 12.2 Å². The van der Waals surface area contributed by atoms with Crippen LogP contribution in [0, 0.1) is 3.57 Å². The Kier molecular flexibility index (Phi) is 8.23. The summed E-state index contributed by atoms with van der Waals surface area (Å²) >= 11 is 3.87. The minimum Gasteiger partial charge on any atom is -0.354 e. The molecular formula is C18H21IN2O3S2. The Hall–Kier alpha value is -1.26. The molecule has 0 bridgehead atoms. The van der Waals surface area contributed by atoms with E-state index in [-0.39, 0.29) is 12.5 Å². The molecule has 0 atom stereocenters. The molecule has 26 heavy (non-hydrogen) atoms. The van der Waals surface area contributed by atoms with Crippen molar-refractivity contribution in [2.75, 3.05) is 29.4 Å². The number of carbonyl (C=O) groups is 1. The van der Waals surface area contributed by atoms with Crippen LogP contribution in [0.15, 0.2) is 54.6 Å². The summed E-state index contributed by atoms with van der Waals surface area (Å²) in [5, 5.41) is 2.79. The Balaban J connectivity index is 1.81. The number of rotatable bonds is 9. The lowest BCUT2D eigenvalue weighted by atomic mass is 10.2. The molecule has 0 spiro atoms. The summed E-state index contributed by atoms with van der Waals surface area (Å²) in [5.41, 5.74) is 1.73. The molecule has 0 unspecified atom stereocenters. The summed E-state index contributed by atoms with van der Waals surface area (Å²) in [6.07, 6.45) is 1.11. The van der Waals surface area contributed by atoms with Crippen LogP contribution in [0.25, 0.3) is 0 Å². The van der Waals surface area contributed by atoms with Crippen LogP contribution in [0.3, 0.4) is 0 Å². The lowest BCUT2D eigenvalue weighted by molar-refractivity contribution is -0.119. The maximum absolute atomic E-state index is 12.1. The first-order valence-corrected chi connectivity index (χ1v) is 12.1. The standard InChI is InChI=1S/C18H21IN2O3S2/c1-26(23,24)21(17-9-7-16(19)8-10-17)13-18(22)20-11-12-25-14-15-5-3-2-4-6-15/h2-10H,11-14H2,1H3,(H,20,22). The predicted octanol–water partition coefficient (Wildman–Crippen LogP) is 3.11. The van der Waals surface area contributed by atoms with Gasteiger partial charge in [-0.3, -0.25) is 9.10 Å². The number of nitrogens with zero attached hydrogens (tertiary/aromatic N) is 1. The van der Waals surface area contributed by atoms with Crippen molar-refractivity contribution >= 4 is 56.0 Å². The van der Waals surface area contributed by atoms with Crippen molar-refractivity contribution < 1.29 is 13.2 Å². The van der Waals surface area contributed by atoms with Crippen LogP contribution in [0.4, 0.5) is 5.69 Å². The summed E-state index contributed by atoms with van der Waals surface area (Å²) in [5.74, 6) is 1.34. The highest BCUT2D eigenvalue weighted by molar-refractivity contribution is 14.1. The number of halogens is 1. The van der Waals surface area contributed by atoms with Crippen LogP contribution in [-0.4, -0.2) is 39.4 Å². The molecule has 0 aliphatic heterocycles. The van der Waals surface area contributed by atoms with Gasteiger partial charge in [0.25, 0.3) is 0 Å². The highest BCUT2D eigenvalue weighted by atomic mass is 127. The largest absolute Gasteiger partial charge is 0.354 e. The van der Waals surface area contributed by atoms with Crippen molar-refractivity contribution in [3.8, 4) is 0 Å². The normalized spacial score (nSPS) is 11.2. The monoisotopic (exact) mass is 504 g/mol. The van der Waals surface area contributed by atoms with Gasteiger partial charge >= 0.3 is 0 Å². The average Bonchev–Trinajstić information content (AvgIpc) is 2.60. The third kappa shape index (κ3) is 7.16. The summed E-state index contributed by atoms with van der Waals surface area (Å²) in [6.45, 7) is 0.281. The molecular weight excluding hydrogens is 483 g/mol. The Morgan fingerprint density at radius 3 is 2.38 bits per heavy atom. The smallest absolute Gasteiger partial charge is 0.240 e. The molecule has 0 aliphatic carbocycles. The number of amides is 1. The van der Waals surface area contributed by atoms with Gasteiger partial charge < -0.3 is 5.32 Å². The van der Waals surface area contributed by atoms with Crippen molar-refractivity contribution in [1.82, 2.24) is 5.32 Å². The molecule has 5 nitrogen and oxygen atoms in total. The molecule has 0 saturated carbocycles. The topological polar surface area (TPSA) is 66.5 Å². The molecule has 1 N–H and O–H groups in total. The van der Waals surface area contributed by atoms with Gasteiger partial charge in [-0.25, -0.2) is 8.42 Å². The van der Waals surface area contributed by atoms with E-state index in [4.69, 9.17) is 0 Å². The van der Waals surface area contributed by atoms with Crippen LogP contribution in [-0.2, 0) is 20.6 Å². The van der Waals surface area contributed by atoms with E-state index >= 15 is 0 Å². The van der Waals surface area contributed by atoms with Gasteiger partial charge in [-0.1, -0.05) is 30.3 Å². The quantitative estimate of drug-likeness (QED) is 0.421. The molecule has 0 radical (unpaired) electrons. The molecule has 1 amide bonds. The summed E-state index contributed by atoms with van der Waals surface area (Å²) in [4.78, 5) is 12.1. The average molecular weight is 504 g/mol. The highest BCUT2D eigenvalue weighted by Crippen LogP contribution is 2.18. The number of carbonyl (C=O) groups excluding carboxylic acids is 1. The zero-order valence-electron chi connectivity index (χ0n) is 14.4. The van der Waals surface area contributed by atoms with Crippen molar-refractivity contribution in [1.29, 1.82) is 0 Å². The molecule has 140 valence electrons. The SMILES string of the molecule is CS(=O)(=O)N(CC(=O)NCCSCc1ccccc1)c1ccc(I)cc1. The molecule has 0 aliphatic rings. The van der Waals surface area contributed by atoms with Crippen LogP contribution >= 0.6 is 34.4 Å². The summed E-state index contributed by atoms with van der Waals surface area (Å²) in [6, 6.07) is 17.1. The lowest BCUT2D eigenvalue weighted by Crippen LogP contribution is -2.41. The fourth-order valence-corrected chi connectivity index (χ4v) is 4.26. The molecule has 2 aromatic carbocycles. The number of anilines is 1. The van der Waals surface area contributed by atoms with Crippen LogP contribution in [0.2, 0.25) is 0 Å². The van der Waals surface area contributed by atoms with E-state index in [9.17, 15) is 13.2 Å².